The second-order valence-electron chi connectivity index (χ2n) is 6.59. The molecule has 1 fully saturated rings. The lowest BCUT2D eigenvalue weighted by Crippen LogP contribution is -2.44. The van der Waals surface area contributed by atoms with Gasteiger partial charge in [0.1, 0.15) is 5.75 Å². The Balaban J connectivity index is 1.73. The van der Waals surface area contributed by atoms with Gasteiger partial charge in [0.25, 0.3) is 0 Å². The molecule has 114 valence electrons. The van der Waals surface area contributed by atoms with E-state index < -0.39 is 0 Å². The van der Waals surface area contributed by atoms with E-state index in [0.717, 1.165) is 5.75 Å². The van der Waals surface area contributed by atoms with E-state index in [-0.39, 0.29) is 0 Å². The quantitative estimate of drug-likeness (QED) is 0.922. The minimum absolute atomic E-state index is 0.620. The molecule has 22 heavy (non-hydrogen) atoms. The number of rotatable bonds is 3. The molecule has 1 saturated carbocycles. The summed E-state index contributed by atoms with van der Waals surface area (Å²) >= 11 is 0. The van der Waals surface area contributed by atoms with Crippen LogP contribution in [0.25, 0.3) is 0 Å². The molecule has 0 unspecified atom stereocenters. The predicted octanol–water partition coefficient (Wildman–Crippen LogP) is 4.04. The molecule has 0 radical (unpaired) electrons. The number of fused-ring (bicyclic) bond motifs is 2. The topological polar surface area (TPSA) is 21.3 Å². The first-order chi connectivity index (χ1) is 10.8. The number of methoxy groups -OCH3 is 1. The van der Waals surface area contributed by atoms with Crippen molar-refractivity contribution in [1.29, 1.82) is 0 Å². The minimum atomic E-state index is 0.620. The molecular formula is C20H23NO. The van der Waals surface area contributed by atoms with Gasteiger partial charge in [0.05, 0.1) is 7.11 Å². The van der Waals surface area contributed by atoms with Gasteiger partial charge in [-0.2, -0.15) is 0 Å². The number of ether oxygens (including phenoxy) is 1. The van der Waals surface area contributed by atoms with Crippen molar-refractivity contribution < 1.29 is 4.74 Å². The van der Waals surface area contributed by atoms with Crippen LogP contribution in [0.1, 0.15) is 47.3 Å². The van der Waals surface area contributed by atoms with E-state index in [4.69, 9.17) is 4.74 Å². The number of likely N-dealkylation sites (N-methyl/N-ethyl adjacent to an activating group) is 1. The average molecular weight is 293 g/mol. The van der Waals surface area contributed by atoms with Crippen LogP contribution >= 0.6 is 0 Å². The third-order valence-corrected chi connectivity index (χ3v) is 5.70. The van der Waals surface area contributed by atoms with E-state index in [1.54, 1.807) is 18.2 Å². The number of benzene rings is 2. The highest BCUT2D eigenvalue weighted by molar-refractivity contribution is 5.45. The first-order valence-electron chi connectivity index (χ1n) is 8.22. The highest BCUT2D eigenvalue weighted by Gasteiger charge is 2.44. The molecule has 3 aliphatic rings. The van der Waals surface area contributed by atoms with Crippen molar-refractivity contribution in [1.82, 2.24) is 5.32 Å². The van der Waals surface area contributed by atoms with E-state index in [1.165, 1.54) is 18.4 Å². The molecule has 5 rings (SSSR count). The lowest BCUT2D eigenvalue weighted by Gasteiger charge is -2.48. The SMILES string of the molecule is CN[C@@H]1C[C@@H]2c3ccccc3[C@H]1C[C@@H]2c1ccc(OC)cc1. The number of nitrogens with one attached hydrogen (secondary N) is 1. The van der Waals surface area contributed by atoms with Gasteiger partial charge in [0.2, 0.25) is 0 Å². The molecule has 0 spiro atoms. The van der Waals surface area contributed by atoms with E-state index in [2.05, 4.69) is 60.9 Å². The molecule has 0 amide bonds. The maximum atomic E-state index is 5.30. The van der Waals surface area contributed by atoms with Crippen molar-refractivity contribution in [3.05, 3.63) is 65.2 Å². The van der Waals surface area contributed by atoms with E-state index in [0.29, 0.717) is 23.8 Å². The van der Waals surface area contributed by atoms with Gasteiger partial charge in [-0.05, 0) is 60.5 Å². The molecule has 2 heteroatoms. The molecule has 4 atom stereocenters. The Morgan fingerprint density at radius 3 is 2.18 bits per heavy atom. The Hall–Kier alpha value is -1.80. The Morgan fingerprint density at radius 1 is 0.864 bits per heavy atom. The standard InChI is InChI=1S/C20H23NO/c1-21-20-12-18-15-5-3-4-6-16(15)19(20)11-17(18)13-7-9-14(22-2)10-8-13/h3-10,17-21H,11-12H2,1-2H3/t17-,18-,19-,20-/m1/s1. The summed E-state index contributed by atoms with van der Waals surface area (Å²) in [5, 5.41) is 3.55. The lowest BCUT2D eigenvalue weighted by atomic mass is 9.58. The summed E-state index contributed by atoms with van der Waals surface area (Å²) in [6.07, 6.45) is 2.49. The summed E-state index contributed by atoms with van der Waals surface area (Å²) in [6.45, 7) is 0. The van der Waals surface area contributed by atoms with Gasteiger partial charge in [0, 0.05) is 12.0 Å². The lowest BCUT2D eigenvalue weighted by molar-refractivity contribution is 0.251. The van der Waals surface area contributed by atoms with E-state index >= 15 is 0 Å². The van der Waals surface area contributed by atoms with Gasteiger partial charge in [-0.3, -0.25) is 0 Å². The Morgan fingerprint density at radius 2 is 1.55 bits per heavy atom. The maximum Gasteiger partial charge on any atom is 0.118 e. The van der Waals surface area contributed by atoms with Gasteiger partial charge < -0.3 is 10.1 Å². The van der Waals surface area contributed by atoms with Gasteiger partial charge in [0.15, 0.2) is 0 Å². The van der Waals surface area contributed by atoms with Crippen molar-refractivity contribution in [2.75, 3.05) is 14.2 Å². The van der Waals surface area contributed by atoms with Crippen molar-refractivity contribution in [3.8, 4) is 5.75 Å². The maximum absolute atomic E-state index is 5.30. The zero-order valence-electron chi connectivity index (χ0n) is 13.3. The smallest absolute Gasteiger partial charge is 0.118 e. The summed E-state index contributed by atoms with van der Waals surface area (Å²) in [5.41, 5.74) is 4.61. The predicted molar refractivity (Wildman–Crippen MR) is 89.7 cm³/mol. The van der Waals surface area contributed by atoms with Crippen LogP contribution in [0.5, 0.6) is 5.75 Å². The van der Waals surface area contributed by atoms with E-state index in [9.17, 15) is 0 Å². The molecule has 1 N–H and O–H groups in total. The van der Waals surface area contributed by atoms with Crippen LogP contribution in [0.3, 0.4) is 0 Å². The van der Waals surface area contributed by atoms with E-state index in [1.807, 2.05) is 0 Å². The summed E-state index contributed by atoms with van der Waals surface area (Å²) in [4.78, 5) is 0. The molecule has 2 bridgehead atoms. The first-order valence-corrected chi connectivity index (χ1v) is 8.22. The molecule has 2 nitrogen and oxygen atoms in total. The third-order valence-electron chi connectivity index (χ3n) is 5.70. The van der Waals surface area contributed by atoms with Crippen LogP contribution in [-0.2, 0) is 0 Å². The first kappa shape index (κ1) is 13.8. The zero-order chi connectivity index (χ0) is 15.1. The van der Waals surface area contributed by atoms with Crippen LogP contribution < -0.4 is 10.1 Å². The summed E-state index contributed by atoms with van der Waals surface area (Å²) < 4.78 is 5.30. The van der Waals surface area contributed by atoms with Crippen LogP contribution in [0.15, 0.2) is 48.5 Å². The van der Waals surface area contributed by atoms with Crippen molar-refractivity contribution in [2.45, 2.75) is 36.6 Å². The summed E-state index contributed by atoms with van der Waals surface area (Å²) in [7, 11) is 3.84. The fraction of sp³-hybridized carbons (Fsp3) is 0.400. The fourth-order valence-electron chi connectivity index (χ4n) is 4.62. The molecular weight excluding hydrogens is 270 g/mol. The van der Waals surface area contributed by atoms with Crippen molar-refractivity contribution in [3.63, 3.8) is 0 Å². The fourth-order valence-corrected chi connectivity index (χ4v) is 4.62. The molecule has 0 aromatic heterocycles. The van der Waals surface area contributed by atoms with Gasteiger partial charge in [-0.1, -0.05) is 36.4 Å². The molecule has 3 aliphatic carbocycles. The zero-order valence-corrected chi connectivity index (χ0v) is 13.3. The van der Waals surface area contributed by atoms with Crippen molar-refractivity contribution >= 4 is 0 Å². The largest absolute Gasteiger partial charge is 0.497 e. The molecule has 0 heterocycles. The van der Waals surface area contributed by atoms with Gasteiger partial charge in [-0.25, -0.2) is 0 Å². The Kier molecular flexibility index (Phi) is 3.42. The summed E-state index contributed by atoms with van der Waals surface area (Å²) in [6, 6.07) is 18.4. The molecule has 2 aromatic rings. The van der Waals surface area contributed by atoms with Gasteiger partial charge in [-0.15, -0.1) is 0 Å². The van der Waals surface area contributed by atoms with Crippen LogP contribution in [0.2, 0.25) is 0 Å². The average Bonchev–Trinajstić information content (AvgIpc) is 2.61. The summed E-state index contributed by atoms with van der Waals surface area (Å²) in [5.74, 6) is 2.85. The van der Waals surface area contributed by atoms with Crippen LogP contribution in [0, 0.1) is 0 Å². The number of hydrogen-bond donors (Lipinski definition) is 1. The second-order valence-corrected chi connectivity index (χ2v) is 6.59. The third kappa shape index (κ3) is 2.05. The number of hydrogen-bond acceptors (Lipinski definition) is 2. The minimum Gasteiger partial charge on any atom is -0.497 e. The van der Waals surface area contributed by atoms with Crippen molar-refractivity contribution in [2.24, 2.45) is 0 Å². The monoisotopic (exact) mass is 293 g/mol. The molecule has 0 aliphatic heterocycles. The Bertz CT molecular complexity index is 664. The molecule has 2 aromatic carbocycles. The molecule has 0 saturated heterocycles. The Labute approximate surface area is 132 Å². The second kappa shape index (κ2) is 5.44. The van der Waals surface area contributed by atoms with Crippen LogP contribution in [-0.4, -0.2) is 20.2 Å². The highest BCUT2D eigenvalue weighted by Crippen LogP contribution is 2.56. The van der Waals surface area contributed by atoms with Crippen LogP contribution in [0.4, 0.5) is 0 Å². The highest BCUT2D eigenvalue weighted by atomic mass is 16.5. The van der Waals surface area contributed by atoms with Gasteiger partial charge >= 0.3 is 0 Å². The normalized spacial score (nSPS) is 29.2.